The van der Waals surface area contributed by atoms with Crippen LogP contribution in [-0.2, 0) is 11.3 Å². The summed E-state index contributed by atoms with van der Waals surface area (Å²) in [6.45, 7) is 10.9. The molecule has 0 unspecified atom stereocenters. The number of hydrogen-bond acceptors (Lipinski definition) is 4. The van der Waals surface area contributed by atoms with Gasteiger partial charge in [0, 0.05) is 44.0 Å². The van der Waals surface area contributed by atoms with Crippen molar-refractivity contribution in [1.82, 2.24) is 4.90 Å². The molecule has 1 aromatic rings. The topological polar surface area (TPSA) is 58.8 Å². The Balaban J connectivity index is 2.07. The maximum atomic E-state index is 12.1. The molecule has 0 aromatic heterocycles. The number of terminal acetylenes is 1. The fourth-order valence-corrected chi connectivity index (χ4v) is 2.78. The fraction of sp³-hybridized carbons (Fsp3) is 0.526. The van der Waals surface area contributed by atoms with Crippen LogP contribution in [-0.4, -0.2) is 42.8 Å². The van der Waals surface area contributed by atoms with Crippen molar-refractivity contribution in [2.24, 2.45) is 5.73 Å². The molecule has 1 aliphatic rings. The second kappa shape index (κ2) is 7.14. The van der Waals surface area contributed by atoms with Crippen molar-refractivity contribution in [3.05, 3.63) is 28.8 Å². The quantitative estimate of drug-likeness (QED) is 0.847. The molecule has 1 saturated heterocycles. The van der Waals surface area contributed by atoms with Crippen molar-refractivity contribution in [3.8, 4) is 12.3 Å². The van der Waals surface area contributed by atoms with E-state index in [-0.39, 0.29) is 6.09 Å². The van der Waals surface area contributed by atoms with E-state index < -0.39 is 5.60 Å². The largest absolute Gasteiger partial charge is 0.444 e. The molecule has 2 N–H and O–H groups in total. The Hall–Kier alpha value is -2.19. The van der Waals surface area contributed by atoms with Crippen molar-refractivity contribution in [3.63, 3.8) is 0 Å². The summed E-state index contributed by atoms with van der Waals surface area (Å²) in [4.78, 5) is 16.1. The van der Waals surface area contributed by atoms with Crippen LogP contribution >= 0.6 is 0 Å². The first kappa shape index (κ1) is 18.2. The van der Waals surface area contributed by atoms with Crippen LogP contribution in [0.1, 0.15) is 37.5 Å². The van der Waals surface area contributed by atoms with Gasteiger partial charge in [0.05, 0.1) is 0 Å². The molecule has 0 radical (unpaired) electrons. The summed E-state index contributed by atoms with van der Waals surface area (Å²) >= 11 is 0. The minimum atomic E-state index is -0.469. The van der Waals surface area contributed by atoms with E-state index in [1.807, 2.05) is 33.8 Å². The number of piperazine rings is 1. The van der Waals surface area contributed by atoms with Crippen LogP contribution in [0.15, 0.2) is 12.1 Å². The van der Waals surface area contributed by atoms with Gasteiger partial charge in [-0.2, -0.15) is 0 Å². The lowest BCUT2D eigenvalue weighted by molar-refractivity contribution is 0.0240. The number of nitrogens with two attached hydrogens (primary N) is 1. The molecular weight excluding hydrogens is 302 g/mol. The molecule has 1 aliphatic heterocycles. The highest BCUT2D eigenvalue weighted by Crippen LogP contribution is 2.24. The van der Waals surface area contributed by atoms with E-state index in [2.05, 4.69) is 16.9 Å². The van der Waals surface area contributed by atoms with Crippen LogP contribution in [0.3, 0.4) is 0 Å². The molecule has 1 amide bonds. The first-order chi connectivity index (χ1) is 11.2. The fourth-order valence-electron chi connectivity index (χ4n) is 2.78. The lowest BCUT2D eigenvalue weighted by Gasteiger charge is -2.37. The van der Waals surface area contributed by atoms with Gasteiger partial charge in [-0.3, -0.25) is 0 Å². The van der Waals surface area contributed by atoms with E-state index in [1.54, 1.807) is 4.90 Å². The number of rotatable bonds is 2. The minimum Gasteiger partial charge on any atom is -0.444 e. The SMILES string of the molecule is C#Cc1cc(N2CCN(C(=O)OC(C)(C)C)CC2)cc(CN)c1C. The van der Waals surface area contributed by atoms with Gasteiger partial charge in [-0.1, -0.05) is 5.92 Å². The molecule has 0 atom stereocenters. The molecule has 0 bridgehead atoms. The Morgan fingerprint density at radius 1 is 1.29 bits per heavy atom. The first-order valence-corrected chi connectivity index (χ1v) is 8.28. The lowest BCUT2D eigenvalue weighted by Crippen LogP contribution is -2.50. The molecule has 1 fully saturated rings. The van der Waals surface area contributed by atoms with Gasteiger partial charge in [0.2, 0.25) is 0 Å². The second-order valence-electron chi connectivity index (χ2n) is 7.08. The molecule has 24 heavy (non-hydrogen) atoms. The summed E-state index contributed by atoms with van der Waals surface area (Å²) in [6, 6.07) is 4.12. The number of carbonyl (C=O) groups is 1. The number of anilines is 1. The van der Waals surface area contributed by atoms with Crippen LogP contribution in [0.25, 0.3) is 0 Å². The summed E-state index contributed by atoms with van der Waals surface area (Å²) in [5, 5.41) is 0. The molecule has 1 heterocycles. The van der Waals surface area contributed by atoms with Crippen molar-refractivity contribution in [2.75, 3.05) is 31.1 Å². The zero-order chi connectivity index (χ0) is 17.9. The first-order valence-electron chi connectivity index (χ1n) is 8.28. The van der Waals surface area contributed by atoms with Crippen molar-refractivity contribution < 1.29 is 9.53 Å². The van der Waals surface area contributed by atoms with Crippen LogP contribution in [0.2, 0.25) is 0 Å². The Morgan fingerprint density at radius 2 is 1.92 bits per heavy atom. The Bertz CT molecular complexity index is 648. The number of nitrogens with zero attached hydrogens (tertiary/aromatic N) is 2. The monoisotopic (exact) mass is 329 g/mol. The van der Waals surface area contributed by atoms with Gasteiger partial charge >= 0.3 is 6.09 Å². The third kappa shape index (κ3) is 4.21. The molecule has 130 valence electrons. The van der Waals surface area contributed by atoms with E-state index in [1.165, 1.54) is 0 Å². The smallest absolute Gasteiger partial charge is 0.410 e. The van der Waals surface area contributed by atoms with E-state index >= 15 is 0 Å². The summed E-state index contributed by atoms with van der Waals surface area (Å²) in [5.74, 6) is 2.74. The lowest BCUT2D eigenvalue weighted by atomic mass is 10.0. The van der Waals surface area contributed by atoms with Gasteiger partial charge in [-0.05, 0) is 51.0 Å². The molecule has 1 aromatic carbocycles. The molecule has 5 heteroatoms. The standard InChI is InChI=1S/C19H27N3O2/c1-6-15-11-17(12-16(13-20)14(15)2)21-7-9-22(10-8-21)18(23)24-19(3,4)5/h1,11-12H,7-10,13,20H2,2-5H3. The van der Waals surface area contributed by atoms with Gasteiger partial charge in [0.1, 0.15) is 5.60 Å². The summed E-state index contributed by atoms with van der Waals surface area (Å²) in [5.41, 5.74) is 9.44. The van der Waals surface area contributed by atoms with E-state index in [0.29, 0.717) is 19.6 Å². The van der Waals surface area contributed by atoms with Crippen LogP contribution in [0, 0.1) is 19.3 Å². The maximum absolute atomic E-state index is 12.1. The van der Waals surface area contributed by atoms with Gasteiger partial charge < -0.3 is 20.3 Å². The maximum Gasteiger partial charge on any atom is 0.410 e. The number of carbonyl (C=O) groups excluding carboxylic acids is 1. The highest BCUT2D eigenvalue weighted by molar-refractivity contribution is 5.69. The molecule has 0 aliphatic carbocycles. The van der Waals surface area contributed by atoms with E-state index in [9.17, 15) is 4.79 Å². The van der Waals surface area contributed by atoms with Crippen LogP contribution in [0.4, 0.5) is 10.5 Å². The molecule has 5 nitrogen and oxygen atoms in total. The third-order valence-electron chi connectivity index (χ3n) is 4.17. The van der Waals surface area contributed by atoms with Crippen molar-refractivity contribution in [2.45, 2.75) is 39.8 Å². The van der Waals surface area contributed by atoms with Gasteiger partial charge in [-0.25, -0.2) is 4.79 Å². The van der Waals surface area contributed by atoms with E-state index in [0.717, 1.165) is 35.5 Å². The molecule has 2 rings (SSSR count). The average molecular weight is 329 g/mol. The predicted molar refractivity (Wildman–Crippen MR) is 97.0 cm³/mol. The van der Waals surface area contributed by atoms with E-state index in [4.69, 9.17) is 16.9 Å². The van der Waals surface area contributed by atoms with Crippen LogP contribution in [0.5, 0.6) is 0 Å². The third-order valence-corrected chi connectivity index (χ3v) is 4.17. The van der Waals surface area contributed by atoms with Crippen molar-refractivity contribution >= 4 is 11.8 Å². The molecular formula is C19H27N3O2. The summed E-state index contributed by atoms with van der Waals surface area (Å²) < 4.78 is 5.43. The van der Waals surface area contributed by atoms with Gasteiger partial charge in [-0.15, -0.1) is 6.42 Å². The van der Waals surface area contributed by atoms with Gasteiger partial charge in [0.25, 0.3) is 0 Å². The highest BCUT2D eigenvalue weighted by atomic mass is 16.6. The Morgan fingerprint density at radius 3 is 2.42 bits per heavy atom. The number of benzene rings is 1. The second-order valence-corrected chi connectivity index (χ2v) is 7.08. The van der Waals surface area contributed by atoms with Crippen molar-refractivity contribution in [1.29, 1.82) is 0 Å². The molecule has 0 saturated carbocycles. The number of amides is 1. The Kier molecular flexibility index (Phi) is 5.40. The van der Waals surface area contributed by atoms with Crippen LogP contribution < -0.4 is 10.6 Å². The summed E-state index contributed by atoms with van der Waals surface area (Å²) in [6.07, 6.45) is 5.36. The number of ether oxygens (including phenoxy) is 1. The predicted octanol–water partition coefficient (Wildman–Crippen LogP) is 2.49. The minimum absolute atomic E-state index is 0.252. The normalized spacial score (nSPS) is 15.2. The molecule has 0 spiro atoms. The summed E-state index contributed by atoms with van der Waals surface area (Å²) in [7, 11) is 0. The Labute approximate surface area is 144 Å². The van der Waals surface area contributed by atoms with Gasteiger partial charge in [0.15, 0.2) is 0 Å². The average Bonchev–Trinajstić information content (AvgIpc) is 2.53. The number of hydrogen-bond donors (Lipinski definition) is 1. The highest BCUT2D eigenvalue weighted by Gasteiger charge is 2.26. The zero-order valence-corrected chi connectivity index (χ0v) is 15.1. The zero-order valence-electron chi connectivity index (χ0n) is 15.1.